The fraction of sp³-hybridized carbons (Fsp3) is 0.615. The first kappa shape index (κ1) is 41.4. The van der Waals surface area contributed by atoms with Crippen LogP contribution >= 0.6 is 0 Å². The first-order valence-electron chi connectivity index (χ1n) is 18.4. The lowest BCUT2D eigenvalue weighted by molar-refractivity contribution is -0.880. The van der Waals surface area contributed by atoms with Crippen LogP contribution in [-0.4, -0.2) is 151 Å². The Hall–Kier alpha value is -3.79. The highest BCUT2D eigenvalue weighted by Gasteiger charge is 2.62. The molecule has 2 aromatic carbocycles. The molecule has 0 amide bonds. The van der Waals surface area contributed by atoms with Crippen molar-refractivity contribution in [3.05, 3.63) is 56.3 Å². The zero-order chi connectivity index (χ0) is 42.1. The molecule has 0 aromatic heterocycles. The van der Waals surface area contributed by atoms with Crippen molar-refractivity contribution in [1.29, 1.82) is 0 Å². The highest BCUT2D eigenvalue weighted by Crippen LogP contribution is 2.57. The number of aliphatic hydroxyl groups excluding tert-OH is 2. The van der Waals surface area contributed by atoms with Crippen molar-refractivity contribution in [2.75, 3.05) is 42.5 Å². The number of esters is 1. The number of phenols is 2. The van der Waals surface area contributed by atoms with Gasteiger partial charge in [-0.25, -0.2) is 0 Å². The van der Waals surface area contributed by atoms with Crippen LogP contribution in [0.5, 0.6) is 17.2 Å². The minimum Gasteiger partial charge on any atom is -0.633 e. The van der Waals surface area contributed by atoms with Gasteiger partial charge < -0.3 is 73.3 Å². The number of methoxy groups -OCH3 is 4. The monoisotopic (exact) mass is 803 g/mol. The summed E-state index contributed by atoms with van der Waals surface area (Å²) in [6.07, 6.45) is -10.1. The second kappa shape index (κ2) is 13.6. The van der Waals surface area contributed by atoms with Gasteiger partial charge in [-0.15, -0.1) is 0 Å². The van der Waals surface area contributed by atoms with Crippen LogP contribution in [0.1, 0.15) is 94.7 Å². The highest BCUT2D eigenvalue weighted by molar-refractivity contribution is 6.31. The summed E-state index contributed by atoms with van der Waals surface area (Å²) in [7, 11) is 7.92. The number of hydroxylamine groups is 3. The lowest BCUT2D eigenvalue weighted by atomic mass is 9.68. The number of benzene rings is 2. The van der Waals surface area contributed by atoms with Gasteiger partial charge in [0.25, 0.3) is 0 Å². The second-order valence-electron chi connectivity index (χ2n) is 16.5. The predicted molar refractivity (Wildman–Crippen MR) is 192 cm³/mol. The van der Waals surface area contributed by atoms with Crippen LogP contribution in [0.15, 0.2) is 12.1 Å². The van der Waals surface area contributed by atoms with Crippen molar-refractivity contribution in [2.45, 2.75) is 112 Å². The lowest BCUT2D eigenvalue weighted by Crippen LogP contribution is -2.71. The van der Waals surface area contributed by atoms with E-state index in [4.69, 9.17) is 37.9 Å². The molecule has 2 bridgehead atoms. The number of quaternary nitrogens is 1. The third-order valence-corrected chi connectivity index (χ3v) is 12.6. The van der Waals surface area contributed by atoms with E-state index in [1.807, 2.05) is 0 Å². The van der Waals surface area contributed by atoms with E-state index in [0.29, 0.717) is 0 Å². The molecule has 2 aliphatic carbocycles. The first-order valence-corrected chi connectivity index (χ1v) is 18.4. The summed E-state index contributed by atoms with van der Waals surface area (Å²) in [6.45, 7) is 6.24. The Bertz CT molecular complexity index is 2030. The molecule has 2 fully saturated rings. The Labute approximate surface area is 327 Å². The fourth-order valence-corrected chi connectivity index (χ4v) is 9.80. The normalized spacial score (nSPS) is 38.4. The molecule has 3 aliphatic heterocycles. The molecule has 2 saturated heterocycles. The molecule has 0 radical (unpaired) electrons. The highest BCUT2D eigenvalue weighted by atomic mass is 16.7. The summed E-state index contributed by atoms with van der Waals surface area (Å²) in [5.41, 5.74) is -7.19. The van der Waals surface area contributed by atoms with E-state index < -0.39 is 134 Å². The number of rotatable bonds is 7. The molecule has 5 aliphatic rings. The minimum absolute atomic E-state index is 0.0864. The summed E-state index contributed by atoms with van der Waals surface area (Å²) in [4.78, 5) is 42.8. The number of nitrogens with zero attached hydrogens (tertiary/aromatic N) is 1. The zero-order valence-corrected chi connectivity index (χ0v) is 33.2. The molecule has 0 saturated carbocycles. The molecule has 5 N–H and O–H groups in total. The maximum Gasteiger partial charge on any atom is 0.316 e. The Morgan fingerprint density at radius 2 is 1.61 bits per heavy atom. The van der Waals surface area contributed by atoms with Crippen molar-refractivity contribution >= 4 is 17.5 Å². The third-order valence-electron chi connectivity index (χ3n) is 12.6. The standard InChI is InChI=1S/C39H49NO17/c1-14-32(50-7)39(4,53-10)33(51-8)36(54-14)55-19-13-37(2,48)24(34(47)52-9)15-11-16-21(27(43)20(15)19)28(44)22-18(41)12-17-30(23(22)26(16)42)56-35-29(45)25(40(5,6)49)31(46)38(17,3)57-35/h11-12,14,19,24-25,29,31-33,35-36,41,43,45-46,48H,13H2,1-10H3. The first-order chi connectivity index (χ1) is 26.5. The number of hydrogen-bond acceptors (Lipinski definition) is 17. The number of ketones is 2. The van der Waals surface area contributed by atoms with Crippen molar-refractivity contribution in [2.24, 2.45) is 0 Å². The molecule has 13 atom stereocenters. The fourth-order valence-electron chi connectivity index (χ4n) is 9.80. The number of hydrogen-bond donors (Lipinski definition) is 5. The van der Waals surface area contributed by atoms with Gasteiger partial charge in [0.15, 0.2) is 24.2 Å². The van der Waals surface area contributed by atoms with Gasteiger partial charge in [0.2, 0.25) is 12.1 Å². The maximum atomic E-state index is 14.8. The van der Waals surface area contributed by atoms with Gasteiger partial charge in [-0.1, -0.05) is 0 Å². The topological polar surface area (TPSA) is 249 Å². The van der Waals surface area contributed by atoms with Crippen molar-refractivity contribution < 1.29 is 82.5 Å². The van der Waals surface area contributed by atoms with Gasteiger partial charge in [0.1, 0.15) is 52.7 Å². The SMILES string of the molecule is COC(=O)C1c2cc3c(c(O)c2C(OC2OC(C)C(OC)C(C)(OC)C2OC)CC1(C)O)C(=O)c1c(O)cc2c(c1C3=O)OC1OC2(C)C(O)C([N+](C)(C)[O-])C1O. The molecule has 57 heavy (non-hydrogen) atoms. The van der Waals surface area contributed by atoms with Gasteiger partial charge >= 0.3 is 5.97 Å². The van der Waals surface area contributed by atoms with Crippen LogP contribution in [-0.2, 0) is 43.6 Å². The maximum absolute atomic E-state index is 14.8. The molecule has 18 nitrogen and oxygen atoms in total. The van der Waals surface area contributed by atoms with Gasteiger partial charge in [0, 0.05) is 44.4 Å². The Kier molecular flexibility index (Phi) is 9.90. The van der Waals surface area contributed by atoms with Crippen LogP contribution in [0.25, 0.3) is 0 Å². The number of carbonyl (C=O) groups excluding carboxylic acids is 3. The summed E-state index contributed by atoms with van der Waals surface area (Å²) < 4.78 is 46.0. The molecule has 18 heteroatoms. The molecule has 312 valence electrons. The van der Waals surface area contributed by atoms with E-state index in [9.17, 15) is 45.1 Å². The molecule has 0 spiro atoms. The minimum atomic E-state index is -1.94. The number of carbonyl (C=O) groups is 3. The van der Waals surface area contributed by atoms with Crippen molar-refractivity contribution in [3.8, 4) is 17.2 Å². The Morgan fingerprint density at radius 3 is 2.19 bits per heavy atom. The number of ether oxygens (including phenoxy) is 8. The number of likely N-dealkylation sites (N-methyl/N-ethyl adjacent to an activating group) is 1. The van der Waals surface area contributed by atoms with Gasteiger partial charge in [-0.05, 0) is 45.4 Å². The van der Waals surface area contributed by atoms with Gasteiger partial charge in [-0.3, -0.25) is 14.4 Å². The lowest BCUT2D eigenvalue weighted by Gasteiger charge is -2.57. The number of aromatic hydroxyl groups is 2. The van der Waals surface area contributed by atoms with E-state index in [0.717, 1.165) is 13.2 Å². The summed E-state index contributed by atoms with van der Waals surface area (Å²) >= 11 is 0. The van der Waals surface area contributed by atoms with E-state index in [2.05, 4.69) is 0 Å². The Morgan fingerprint density at radius 1 is 0.965 bits per heavy atom. The van der Waals surface area contributed by atoms with Crippen molar-refractivity contribution in [1.82, 2.24) is 0 Å². The smallest absolute Gasteiger partial charge is 0.316 e. The van der Waals surface area contributed by atoms with Crippen LogP contribution in [0.3, 0.4) is 0 Å². The average Bonchev–Trinajstić information content (AvgIpc) is 3.11. The Balaban J connectivity index is 1.40. The van der Waals surface area contributed by atoms with Crippen LogP contribution in [0.2, 0.25) is 0 Å². The van der Waals surface area contributed by atoms with Crippen LogP contribution < -0.4 is 4.74 Å². The summed E-state index contributed by atoms with van der Waals surface area (Å²) in [5, 5.41) is 71.4. The molecule has 7 rings (SSSR count). The molecule has 3 heterocycles. The van der Waals surface area contributed by atoms with Crippen molar-refractivity contribution in [3.63, 3.8) is 0 Å². The van der Waals surface area contributed by atoms with Crippen LogP contribution in [0.4, 0.5) is 0 Å². The summed E-state index contributed by atoms with van der Waals surface area (Å²) in [5.74, 6) is -6.21. The molecular weight excluding hydrogens is 754 g/mol. The van der Waals surface area contributed by atoms with E-state index in [1.165, 1.54) is 55.3 Å². The number of phenolic OH excluding ortho intramolecular Hbond substituents is 2. The quantitative estimate of drug-likeness (QED) is 0.128. The third kappa shape index (κ3) is 5.76. The number of fused-ring (bicyclic) bond motifs is 8. The summed E-state index contributed by atoms with van der Waals surface area (Å²) in [6, 6.07) is 0.875. The van der Waals surface area contributed by atoms with Gasteiger partial charge in [-0.2, -0.15) is 0 Å². The van der Waals surface area contributed by atoms with E-state index in [1.54, 1.807) is 13.8 Å². The van der Waals surface area contributed by atoms with Gasteiger partial charge in [0.05, 0.1) is 55.7 Å². The molecule has 13 unspecified atom stereocenters. The average molecular weight is 804 g/mol. The number of aliphatic hydroxyl groups is 3. The molecule has 2 aromatic rings. The predicted octanol–water partition coefficient (Wildman–Crippen LogP) is 1.15. The second-order valence-corrected chi connectivity index (χ2v) is 16.5. The molecular formula is C39H49NO17. The largest absolute Gasteiger partial charge is 0.633 e. The van der Waals surface area contributed by atoms with Crippen LogP contribution in [0, 0.1) is 5.21 Å². The van der Waals surface area contributed by atoms with E-state index in [-0.39, 0.29) is 28.9 Å². The van der Waals surface area contributed by atoms with E-state index >= 15 is 0 Å². The zero-order valence-electron chi connectivity index (χ0n) is 33.2.